The number of urea groups is 1. The van der Waals surface area contributed by atoms with E-state index in [0.29, 0.717) is 12.6 Å². The van der Waals surface area contributed by atoms with Crippen molar-refractivity contribution in [2.75, 3.05) is 18.4 Å². The zero-order valence-corrected chi connectivity index (χ0v) is 17.4. The third-order valence-corrected chi connectivity index (χ3v) is 6.68. The highest BCUT2D eigenvalue weighted by atomic mass is 16.2. The lowest BCUT2D eigenvalue weighted by molar-refractivity contribution is 0.179. The first-order chi connectivity index (χ1) is 14.5. The molecule has 7 nitrogen and oxygen atoms in total. The second kappa shape index (κ2) is 6.54. The van der Waals surface area contributed by atoms with Crippen molar-refractivity contribution >= 4 is 22.6 Å². The van der Waals surface area contributed by atoms with Crippen molar-refractivity contribution in [1.29, 1.82) is 0 Å². The molecule has 6 rings (SSSR count). The number of amides is 2. The fourth-order valence-corrected chi connectivity index (χ4v) is 5.08. The molecule has 1 aromatic carbocycles. The lowest BCUT2D eigenvalue weighted by atomic mass is 10.0. The maximum Gasteiger partial charge on any atom is 0.322 e. The molecule has 30 heavy (non-hydrogen) atoms. The number of likely N-dealkylation sites (tertiary alicyclic amines) is 1. The molecule has 0 radical (unpaired) electrons. The van der Waals surface area contributed by atoms with Gasteiger partial charge in [0.2, 0.25) is 0 Å². The number of aryl methyl sites for hydroxylation is 2. The van der Waals surface area contributed by atoms with E-state index in [4.69, 9.17) is 0 Å². The Morgan fingerprint density at radius 2 is 1.83 bits per heavy atom. The van der Waals surface area contributed by atoms with Crippen LogP contribution >= 0.6 is 0 Å². The number of aromatic amines is 1. The first-order valence-electron chi connectivity index (χ1n) is 10.8. The second-order valence-corrected chi connectivity index (χ2v) is 8.99. The summed E-state index contributed by atoms with van der Waals surface area (Å²) in [6, 6.07) is 9.42. The fourth-order valence-electron chi connectivity index (χ4n) is 5.08. The average Bonchev–Trinajstić information content (AvgIpc) is 3.29. The van der Waals surface area contributed by atoms with Gasteiger partial charge in [0.25, 0.3) is 0 Å². The Bertz CT molecular complexity index is 1140. The molecule has 3 aromatic rings. The molecule has 1 saturated carbocycles. The van der Waals surface area contributed by atoms with Gasteiger partial charge < -0.3 is 10.2 Å². The van der Waals surface area contributed by atoms with Gasteiger partial charge in [-0.1, -0.05) is 0 Å². The number of aromatic nitrogens is 3. The number of nitrogens with one attached hydrogen (secondary N) is 2. The van der Waals surface area contributed by atoms with E-state index >= 15 is 0 Å². The molecule has 154 valence electrons. The predicted molar refractivity (Wildman–Crippen MR) is 116 cm³/mol. The molecule has 0 bridgehead atoms. The van der Waals surface area contributed by atoms with Crippen molar-refractivity contribution in [3.8, 4) is 11.3 Å². The van der Waals surface area contributed by atoms with Crippen molar-refractivity contribution in [3.63, 3.8) is 0 Å². The minimum atomic E-state index is 0.0182. The van der Waals surface area contributed by atoms with Crippen LogP contribution in [0.2, 0.25) is 0 Å². The monoisotopic (exact) mass is 402 g/mol. The van der Waals surface area contributed by atoms with E-state index in [9.17, 15) is 4.79 Å². The summed E-state index contributed by atoms with van der Waals surface area (Å²) in [5.74, 6) is 0. The number of rotatable bonds is 3. The zero-order valence-electron chi connectivity index (χ0n) is 17.4. The standard InChI is InChI=1S/C23H26N6O/c1-13-7-15(8-14(2)24-13)22-19-9-16-11-29(18-5-6-28(12-18)17-3-4-17)23(30)25-20(16)10-21(19)26-27-22/h7-10,17-18H,3-6,11-12H2,1-2H3,(H,25,30)(H,26,27)/t18-/m0/s1. The van der Waals surface area contributed by atoms with Crippen molar-refractivity contribution in [1.82, 2.24) is 25.0 Å². The summed E-state index contributed by atoms with van der Waals surface area (Å²) in [5.41, 5.74) is 6.95. The van der Waals surface area contributed by atoms with E-state index < -0.39 is 0 Å². The molecule has 2 amide bonds. The van der Waals surface area contributed by atoms with Crippen LogP contribution in [0.5, 0.6) is 0 Å². The largest absolute Gasteiger partial charge is 0.322 e. The molecule has 0 spiro atoms. The fraction of sp³-hybridized carbons (Fsp3) is 0.435. The van der Waals surface area contributed by atoms with E-state index in [0.717, 1.165) is 70.4 Å². The molecule has 1 aliphatic carbocycles. The quantitative estimate of drug-likeness (QED) is 0.698. The summed E-state index contributed by atoms with van der Waals surface area (Å²) in [5, 5.41) is 11.9. The summed E-state index contributed by atoms with van der Waals surface area (Å²) in [4.78, 5) is 21.9. The van der Waals surface area contributed by atoms with Gasteiger partial charge in [-0.25, -0.2) is 4.79 Å². The van der Waals surface area contributed by atoms with Crippen LogP contribution in [-0.2, 0) is 6.54 Å². The highest BCUT2D eigenvalue weighted by molar-refractivity contribution is 6.00. The number of anilines is 1. The van der Waals surface area contributed by atoms with E-state index in [2.05, 4.69) is 43.6 Å². The summed E-state index contributed by atoms with van der Waals surface area (Å²) in [6.07, 6.45) is 3.70. The predicted octanol–water partition coefficient (Wildman–Crippen LogP) is 3.83. The first kappa shape index (κ1) is 17.9. The van der Waals surface area contributed by atoms with E-state index in [1.807, 2.05) is 24.8 Å². The number of fused-ring (bicyclic) bond motifs is 2. The van der Waals surface area contributed by atoms with E-state index in [-0.39, 0.29) is 6.03 Å². The van der Waals surface area contributed by atoms with Gasteiger partial charge in [0.05, 0.1) is 5.52 Å². The van der Waals surface area contributed by atoms with Gasteiger partial charge in [-0.3, -0.25) is 15.0 Å². The molecule has 2 aromatic heterocycles. The highest BCUT2D eigenvalue weighted by Crippen LogP contribution is 2.36. The Balaban J connectivity index is 1.34. The van der Waals surface area contributed by atoms with Crippen LogP contribution in [0.15, 0.2) is 24.3 Å². The Labute approximate surface area is 175 Å². The maximum absolute atomic E-state index is 12.8. The summed E-state index contributed by atoms with van der Waals surface area (Å²) in [6.45, 7) is 6.78. The van der Waals surface area contributed by atoms with Crippen LogP contribution in [0.25, 0.3) is 22.2 Å². The number of H-pyrrole nitrogens is 1. The third-order valence-electron chi connectivity index (χ3n) is 6.68. The number of pyridine rings is 1. The smallest absolute Gasteiger partial charge is 0.316 e. The molecule has 0 unspecified atom stereocenters. The van der Waals surface area contributed by atoms with Gasteiger partial charge >= 0.3 is 6.03 Å². The molecule has 2 aliphatic heterocycles. The Morgan fingerprint density at radius 3 is 2.60 bits per heavy atom. The Morgan fingerprint density at radius 1 is 1.03 bits per heavy atom. The number of nitrogens with zero attached hydrogens (tertiary/aromatic N) is 4. The van der Waals surface area contributed by atoms with Gasteiger partial charge in [-0.05, 0) is 62.9 Å². The lowest BCUT2D eigenvalue weighted by Crippen LogP contribution is -2.46. The third kappa shape index (κ3) is 2.96. The van der Waals surface area contributed by atoms with Gasteiger partial charge in [0.15, 0.2) is 0 Å². The molecular formula is C23H26N6O. The zero-order chi connectivity index (χ0) is 20.4. The topological polar surface area (TPSA) is 77.2 Å². The molecule has 4 heterocycles. The number of hydrogen-bond acceptors (Lipinski definition) is 4. The second-order valence-electron chi connectivity index (χ2n) is 8.99. The highest BCUT2D eigenvalue weighted by Gasteiger charge is 2.39. The normalized spacial score (nSPS) is 21.9. The summed E-state index contributed by atoms with van der Waals surface area (Å²) >= 11 is 0. The van der Waals surface area contributed by atoms with Crippen molar-refractivity contribution in [2.45, 2.75) is 51.7 Å². The SMILES string of the molecule is Cc1cc(-c2n[nH]c3cc4c(cc23)CN([C@H]2CCN(C3CC3)C2)C(=O)N4)cc(C)n1. The molecule has 1 atom stereocenters. The molecule has 2 N–H and O–H groups in total. The van der Waals surface area contributed by atoms with Crippen LogP contribution in [0, 0.1) is 13.8 Å². The summed E-state index contributed by atoms with van der Waals surface area (Å²) in [7, 11) is 0. The van der Waals surface area contributed by atoms with E-state index in [1.54, 1.807) is 0 Å². The number of carbonyl (C=O) groups is 1. The van der Waals surface area contributed by atoms with Crippen LogP contribution in [0.1, 0.15) is 36.2 Å². The molecule has 3 aliphatic rings. The number of hydrogen-bond donors (Lipinski definition) is 2. The van der Waals surface area contributed by atoms with Crippen LogP contribution < -0.4 is 5.32 Å². The molecule has 1 saturated heterocycles. The minimum absolute atomic E-state index is 0.0182. The van der Waals surface area contributed by atoms with Crippen LogP contribution in [0.4, 0.5) is 10.5 Å². The van der Waals surface area contributed by atoms with E-state index in [1.165, 1.54) is 12.8 Å². The Hall–Kier alpha value is -2.93. The molecule has 2 fully saturated rings. The van der Waals surface area contributed by atoms with Crippen molar-refractivity contribution in [2.24, 2.45) is 0 Å². The first-order valence-corrected chi connectivity index (χ1v) is 10.8. The van der Waals surface area contributed by atoms with Gasteiger partial charge in [0.1, 0.15) is 5.69 Å². The van der Waals surface area contributed by atoms with Gasteiger partial charge in [-0.2, -0.15) is 5.10 Å². The van der Waals surface area contributed by atoms with Crippen molar-refractivity contribution in [3.05, 3.63) is 41.2 Å². The van der Waals surface area contributed by atoms with Gasteiger partial charge in [0, 0.05) is 59.7 Å². The van der Waals surface area contributed by atoms with Crippen LogP contribution in [-0.4, -0.2) is 56.2 Å². The minimum Gasteiger partial charge on any atom is -0.316 e. The van der Waals surface area contributed by atoms with Gasteiger partial charge in [-0.15, -0.1) is 0 Å². The maximum atomic E-state index is 12.8. The number of carbonyl (C=O) groups excluding carboxylic acids is 1. The summed E-state index contributed by atoms with van der Waals surface area (Å²) < 4.78 is 0. The average molecular weight is 403 g/mol. The Kier molecular flexibility index (Phi) is 3.90. The molecular weight excluding hydrogens is 376 g/mol. The van der Waals surface area contributed by atoms with Crippen LogP contribution in [0.3, 0.4) is 0 Å². The van der Waals surface area contributed by atoms with Crippen molar-refractivity contribution < 1.29 is 4.79 Å². The lowest BCUT2D eigenvalue weighted by Gasteiger charge is -2.34. The molecule has 7 heteroatoms. The number of benzene rings is 1.